The number of halogens is 3. The van der Waals surface area contributed by atoms with E-state index in [4.69, 9.17) is 5.11 Å². The number of carboxylic acids is 1. The normalized spacial score (nSPS) is 12.9. The fourth-order valence-corrected chi connectivity index (χ4v) is 1.56. The molecule has 0 fully saturated rings. The van der Waals surface area contributed by atoms with Crippen LogP contribution in [0.4, 0.5) is 18.0 Å². The molecule has 18 heavy (non-hydrogen) atoms. The maximum atomic E-state index is 12.0. The van der Waals surface area contributed by atoms with Crippen molar-refractivity contribution >= 4 is 23.8 Å². The fraction of sp³-hybridized carbons (Fsp3) is 0.778. The van der Waals surface area contributed by atoms with Gasteiger partial charge < -0.3 is 15.3 Å². The monoisotopic (exact) mass is 288 g/mol. The average Bonchev–Trinajstić information content (AvgIpc) is 2.20. The third kappa shape index (κ3) is 7.25. The van der Waals surface area contributed by atoms with Gasteiger partial charge in [-0.1, -0.05) is 0 Å². The van der Waals surface area contributed by atoms with E-state index in [2.05, 4.69) is 0 Å². The van der Waals surface area contributed by atoms with Crippen molar-refractivity contribution in [1.82, 2.24) is 10.2 Å². The molecule has 0 aliphatic heterocycles. The van der Waals surface area contributed by atoms with Crippen LogP contribution in [0.2, 0.25) is 0 Å². The van der Waals surface area contributed by atoms with Crippen LogP contribution in [0.3, 0.4) is 0 Å². The second kappa shape index (κ2) is 7.34. The van der Waals surface area contributed by atoms with Crippen molar-refractivity contribution in [2.75, 3.05) is 25.6 Å². The lowest BCUT2D eigenvalue weighted by Crippen LogP contribution is -2.49. The summed E-state index contributed by atoms with van der Waals surface area (Å²) in [5, 5.41) is 10.8. The first-order valence-electron chi connectivity index (χ1n) is 4.97. The van der Waals surface area contributed by atoms with Crippen LogP contribution < -0.4 is 5.32 Å². The van der Waals surface area contributed by atoms with Crippen molar-refractivity contribution in [2.45, 2.75) is 18.6 Å². The van der Waals surface area contributed by atoms with Crippen LogP contribution in [-0.4, -0.2) is 59.8 Å². The largest absolute Gasteiger partial charge is 0.480 e. The predicted octanol–water partition coefficient (Wildman–Crippen LogP) is 1.40. The summed E-state index contributed by atoms with van der Waals surface area (Å²) in [7, 11) is 0.955. The molecule has 1 atom stereocenters. The number of amides is 2. The average molecular weight is 288 g/mol. The minimum absolute atomic E-state index is 0.155. The van der Waals surface area contributed by atoms with Crippen LogP contribution in [0.5, 0.6) is 0 Å². The summed E-state index contributed by atoms with van der Waals surface area (Å²) in [5.74, 6) is -0.780. The first kappa shape index (κ1) is 16.9. The molecule has 0 heterocycles. The highest BCUT2D eigenvalue weighted by molar-refractivity contribution is 7.98. The standard InChI is InChI=1S/C9H15F3N2O3S/c1-14(5-9(10,11)12)8(17)13-6(7(15)16)3-4-18-2/h6H,3-5H2,1-2H3,(H,13,17)(H,15,16)/t6-/m1/s1. The minimum Gasteiger partial charge on any atom is -0.480 e. The highest BCUT2D eigenvalue weighted by Gasteiger charge is 2.32. The molecule has 5 nitrogen and oxygen atoms in total. The maximum Gasteiger partial charge on any atom is 0.406 e. The summed E-state index contributed by atoms with van der Waals surface area (Å²) >= 11 is 1.38. The van der Waals surface area contributed by atoms with Gasteiger partial charge in [-0.25, -0.2) is 9.59 Å². The van der Waals surface area contributed by atoms with Gasteiger partial charge in [-0.15, -0.1) is 0 Å². The number of urea groups is 1. The van der Waals surface area contributed by atoms with Gasteiger partial charge in [0.15, 0.2) is 0 Å². The number of rotatable bonds is 6. The van der Waals surface area contributed by atoms with Gasteiger partial charge in [0.05, 0.1) is 0 Å². The molecule has 106 valence electrons. The van der Waals surface area contributed by atoms with Gasteiger partial charge in [0.2, 0.25) is 0 Å². The van der Waals surface area contributed by atoms with E-state index in [-0.39, 0.29) is 6.42 Å². The number of nitrogens with zero attached hydrogens (tertiary/aromatic N) is 1. The van der Waals surface area contributed by atoms with Crippen molar-refractivity contribution in [2.24, 2.45) is 0 Å². The summed E-state index contributed by atoms with van der Waals surface area (Å²) in [6.45, 7) is -1.42. The number of carboxylic acid groups (broad SMARTS) is 1. The summed E-state index contributed by atoms with van der Waals surface area (Å²) in [5.41, 5.74) is 0. The molecule has 0 spiro atoms. The van der Waals surface area contributed by atoms with E-state index in [1.807, 2.05) is 5.32 Å². The summed E-state index contributed by atoms with van der Waals surface area (Å²) < 4.78 is 36.1. The Morgan fingerprint density at radius 1 is 1.44 bits per heavy atom. The summed E-state index contributed by atoms with van der Waals surface area (Å²) in [6, 6.07) is -2.23. The third-order valence-corrected chi connectivity index (χ3v) is 2.61. The molecule has 0 unspecified atom stereocenters. The highest BCUT2D eigenvalue weighted by atomic mass is 32.2. The number of thioether (sulfide) groups is 1. The molecular formula is C9H15F3N2O3S. The zero-order valence-corrected chi connectivity index (χ0v) is 10.8. The molecule has 0 radical (unpaired) electrons. The molecule has 0 aromatic heterocycles. The molecule has 0 aromatic carbocycles. The number of carbonyl (C=O) groups is 2. The fourth-order valence-electron chi connectivity index (χ4n) is 1.09. The van der Waals surface area contributed by atoms with Gasteiger partial charge in [-0.05, 0) is 18.4 Å². The number of carbonyl (C=O) groups excluding carboxylic acids is 1. The van der Waals surface area contributed by atoms with Gasteiger partial charge in [-0.2, -0.15) is 24.9 Å². The first-order valence-corrected chi connectivity index (χ1v) is 6.37. The van der Waals surface area contributed by atoms with Crippen molar-refractivity contribution in [3.8, 4) is 0 Å². The lowest BCUT2D eigenvalue weighted by molar-refractivity contribution is -0.139. The van der Waals surface area contributed by atoms with Crippen LogP contribution in [0, 0.1) is 0 Å². The molecule has 0 rings (SSSR count). The summed E-state index contributed by atoms with van der Waals surface area (Å²) in [4.78, 5) is 22.5. The number of aliphatic carboxylic acids is 1. The molecular weight excluding hydrogens is 273 g/mol. The van der Waals surface area contributed by atoms with Crippen molar-refractivity contribution in [3.63, 3.8) is 0 Å². The van der Waals surface area contributed by atoms with Crippen LogP contribution >= 0.6 is 11.8 Å². The van der Waals surface area contributed by atoms with Crippen LogP contribution in [0.1, 0.15) is 6.42 Å². The van der Waals surface area contributed by atoms with Crippen molar-refractivity contribution in [3.05, 3.63) is 0 Å². The first-order chi connectivity index (χ1) is 8.17. The van der Waals surface area contributed by atoms with Crippen LogP contribution in [0.25, 0.3) is 0 Å². The topological polar surface area (TPSA) is 69.6 Å². The maximum absolute atomic E-state index is 12.0. The Balaban J connectivity index is 4.36. The van der Waals surface area contributed by atoms with Crippen LogP contribution in [-0.2, 0) is 4.79 Å². The highest BCUT2D eigenvalue weighted by Crippen LogP contribution is 2.15. The van der Waals surface area contributed by atoms with Gasteiger partial charge in [-0.3, -0.25) is 0 Å². The van der Waals surface area contributed by atoms with Crippen molar-refractivity contribution in [1.29, 1.82) is 0 Å². The Bertz CT molecular complexity index is 299. The van der Waals surface area contributed by atoms with Crippen molar-refractivity contribution < 1.29 is 27.9 Å². The molecule has 0 aliphatic rings. The van der Waals surface area contributed by atoms with Gasteiger partial charge in [0.25, 0.3) is 0 Å². The Morgan fingerprint density at radius 3 is 2.39 bits per heavy atom. The summed E-state index contributed by atoms with van der Waals surface area (Å²) in [6.07, 6.45) is -2.59. The lowest BCUT2D eigenvalue weighted by atomic mass is 10.2. The quantitative estimate of drug-likeness (QED) is 0.775. The van der Waals surface area contributed by atoms with E-state index in [0.29, 0.717) is 10.7 Å². The van der Waals surface area contributed by atoms with E-state index in [0.717, 1.165) is 7.05 Å². The SMILES string of the molecule is CSCC[C@@H](NC(=O)N(C)CC(F)(F)F)C(=O)O. The van der Waals surface area contributed by atoms with E-state index in [1.165, 1.54) is 11.8 Å². The molecule has 0 aliphatic carbocycles. The molecule has 0 bridgehead atoms. The second-order valence-electron chi connectivity index (χ2n) is 3.59. The number of hydrogen-bond donors (Lipinski definition) is 2. The minimum atomic E-state index is -4.51. The van der Waals surface area contributed by atoms with Gasteiger partial charge >= 0.3 is 18.2 Å². The zero-order chi connectivity index (χ0) is 14.3. The van der Waals surface area contributed by atoms with E-state index in [9.17, 15) is 22.8 Å². The lowest BCUT2D eigenvalue weighted by Gasteiger charge is -2.22. The van der Waals surface area contributed by atoms with Crippen LogP contribution in [0.15, 0.2) is 0 Å². The van der Waals surface area contributed by atoms with Gasteiger partial charge in [0.1, 0.15) is 12.6 Å². The Labute approximate surface area is 107 Å². The third-order valence-electron chi connectivity index (χ3n) is 1.97. The Hall–Kier alpha value is -1.12. The van der Waals surface area contributed by atoms with E-state index in [1.54, 1.807) is 6.26 Å². The number of nitrogens with one attached hydrogen (secondary N) is 1. The van der Waals surface area contributed by atoms with E-state index >= 15 is 0 Å². The van der Waals surface area contributed by atoms with E-state index < -0.39 is 30.8 Å². The van der Waals surface area contributed by atoms with Gasteiger partial charge in [0, 0.05) is 7.05 Å². The second-order valence-corrected chi connectivity index (χ2v) is 4.58. The molecule has 0 aromatic rings. The number of alkyl halides is 3. The molecule has 0 saturated heterocycles. The molecule has 0 saturated carbocycles. The smallest absolute Gasteiger partial charge is 0.406 e. The number of hydrogen-bond acceptors (Lipinski definition) is 3. The molecule has 9 heteroatoms. The predicted molar refractivity (Wildman–Crippen MR) is 61.6 cm³/mol. The molecule has 2 N–H and O–H groups in total. The Morgan fingerprint density at radius 2 is 2.00 bits per heavy atom. The molecule has 2 amide bonds. The Kier molecular flexibility index (Phi) is 6.89. The zero-order valence-electron chi connectivity index (χ0n) is 9.95.